The summed E-state index contributed by atoms with van der Waals surface area (Å²) in [5.74, 6) is -0.878. The summed E-state index contributed by atoms with van der Waals surface area (Å²) in [6.45, 7) is 4.70. The van der Waals surface area contributed by atoms with E-state index in [0.29, 0.717) is 0 Å². The molecule has 1 aliphatic rings. The first kappa shape index (κ1) is 11.2. The molecule has 2 unspecified atom stereocenters. The molecule has 0 bridgehead atoms. The molecule has 0 fully saturated rings. The number of nitrogens with zero attached hydrogens (tertiary/aromatic N) is 2. The highest BCUT2D eigenvalue weighted by atomic mass is 16.4. The Labute approximate surface area is 95.3 Å². The summed E-state index contributed by atoms with van der Waals surface area (Å²) in [6.07, 6.45) is 5.04. The predicted octanol–water partition coefficient (Wildman–Crippen LogP) is 2.04. The third-order valence-electron chi connectivity index (χ3n) is 3.52. The van der Waals surface area contributed by atoms with Crippen LogP contribution in [0.15, 0.2) is 6.20 Å². The minimum Gasteiger partial charge on any atom is -0.481 e. The van der Waals surface area contributed by atoms with E-state index in [-0.39, 0.29) is 11.8 Å². The second kappa shape index (κ2) is 4.28. The minimum atomic E-state index is -0.706. The van der Waals surface area contributed by atoms with Crippen LogP contribution in [0.4, 0.5) is 0 Å². The van der Waals surface area contributed by atoms with Gasteiger partial charge in [0.15, 0.2) is 0 Å². The highest BCUT2D eigenvalue weighted by Gasteiger charge is 2.31. The van der Waals surface area contributed by atoms with Crippen LogP contribution in [0.5, 0.6) is 0 Å². The van der Waals surface area contributed by atoms with E-state index in [9.17, 15) is 4.79 Å². The molecule has 0 saturated heterocycles. The summed E-state index contributed by atoms with van der Waals surface area (Å²) in [5.41, 5.74) is 2.26. The number of rotatable bonds is 3. The van der Waals surface area contributed by atoms with E-state index in [1.807, 2.05) is 17.8 Å². The Morgan fingerprint density at radius 3 is 3.12 bits per heavy atom. The maximum absolute atomic E-state index is 11.1. The quantitative estimate of drug-likeness (QED) is 0.851. The highest BCUT2D eigenvalue weighted by molar-refractivity contribution is 5.71. The lowest BCUT2D eigenvalue weighted by atomic mass is 9.79. The van der Waals surface area contributed by atoms with Crippen molar-refractivity contribution < 1.29 is 9.90 Å². The predicted molar refractivity (Wildman–Crippen MR) is 60.4 cm³/mol. The number of fused-ring (bicyclic) bond motifs is 1. The SMILES string of the molecule is CCn1cc2c(n1)CCCC2C(C)C(=O)O. The lowest BCUT2D eigenvalue weighted by molar-refractivity contribution is -0.142. The third-order valence-corrected chi connectivity index (χ3v) is 3.52. The van der Waals surface area contributed by atoms with Crippen LogP contribution in [-0.2, 0) is 17.8 Å². The normalized spacial score (nSPS) is 21.5. The van der Waals surface area contributed by atoms with E-state index in [1.165, 1.54) is 0 Å². The first-order valence-electron chi connectivity index (χ1n) is 5.92. The van der Waals surface area contributed by atoms with Gasteiger partial charge in [0, 0.05) is 18.7 Å². The molecule has 0 radical (unpaired) electrons. The molecule has 0 amide bonds. The molecule has 1 N–H and O–H groups in total. The largest absolute Gasteiger partial charge is 0.481 e. The third kappa shape index (κ3) is 1.84. The van der Waals surface area contributed by atoms with Gasteiger partial charge in [0.05, 0.1) is 11.6 Å². The van der Waals surface area contributed by atoms with Gasteiger partial charge >= 0.3 is 5.97 Å². The van der Waals surface area contributed by atoms with Crippen molar-refractivity contribution in [3.05, 3.63) is 17.5 Å². The number of aromatic nitrogens is 2. The van der Waals surface area contributed by atoms with Gasteiger partial charge in [-0.25, -0.2) is 0 Å². The lowest BCUT2D eigenvalue weighted by Gasteiger charge is -2.24. The highest BCUT2D eigenvalue weighted by Crippen LogP contribution is 2.36. The van der Waals surface area contributed by atoms with Gasteiger partial charge < -0.3 is 5.11 Å². The second-order valence-corrected chi connectivity index (χ2v) is 4.51. The van der Waals surface area contributed by atoms with Crippen LogP contribution in [0, 0.1) is 5.92 Å². The van der Waals surface area contributed by atoms with Crippen molar-refractivity contribution in [1.82, 2.24) is 9.78 Å². The Kier molecular flexibility index (Phi) is 2.99. The number of hydrogen-bond donors (Lipinski definition) is 1. The Balaban J connectivity index is 2.32. The molecule has 4 heteroatoms. The molecule has 16 heavy (non-hydrogen) atoms. The fraction of sp³-hybridized carbons (Fsp3) is 0.667. The first-order chi connectivity index (χ1) is 7.63. The van der Waals surface area contributed by atoms with Crippen molar-refractivity contribution >= 4 is 5.97 Å². The minimum absolute atomic E-state index is 0.140. The van der Waals surface area contributed by atoms with Crippen LogP contribution in [-0.4, -0.2) is 20.9 Å². The first-order valence-corrected chi connectivity index (χ1v) is 5.92. The number of aliphatic carboxylic acids is 1. The summed E-state index contributed by atoms with van der Waals surface area (Å²) in [5, 5.41) is 13.6. The van der Waals surface area contributed by atoms with Crippen LogP contribution in [0.25, 0.3) is 0 Å². The fourth-order valence-electron chi connectivity index (χ4n) is 2.48. The molecule has 0 saturated carbocycles. The van der Waals surface area contributed by atoms with E-state index in [4.69, 9.17) is 5.11 Å². The summed E-state index contributed by atoms with van der Waals surface area (Å²) in [6, 6.07) is 0. The number of carbonyl (C=O) groups is 1. The average molecular weight is 222 g/mol. The molecule has 1 aromatic rings. The standard InChI is InChI=1S/C12H18N2O2/c1-3-14-7-10-9(8(2)12(15)16)5-4-6-11(10)13-14/h7-9H,3-6H2,1-2H3,(H,15,16). The zero-order chi connectivity index (χ0) is 11.7. The smallest absolute Gasteiger partial charge is 0.306 e. The number of carboxylic acids is 1. The van der Waals surface area contributed by atoms with E-state index >= 15 is 0 Å². The van der Waals surface area contributed by atoms with Crippen LogP contribution >= 0.6 is 0 Å². The molecule has 88 valence electrons. The van der Waals surface area contributed by atoms with Crippen molar-refractivity contribution in [3.8, 4) is 0 Å². The van der Waals surface area contributed by atoms with E-state index < -0.39 is 5.97 Å². The summed E-state index contributed by atoms with van der Waals surface area (Å²) in [4.78, 5) is 11.1. The van der Waals surface area contributed by atoms with Gasteiger partial charge in [-0.05, 0) is 31.7 Å². The summed E-state index contributed by atoms with van der Waals surface area (Å²) in [7, 11) is 0. The zero-order valence-corrected chi connectivity index (χ0v) is 9.81. The van der Waals surface area contributed by atoms with E-state index in [1.54, 1.807) is 6.92 Å². The van der Waals surface area contributed by atoms with Gasteiger partial charge in [0.25, 0.3) is 0 Å². The van der Waals surface area contributed by atoms with Crippen molar-refractivity contribution in [3.63, 3.8) is 0 Å². The Hall–Kier alpha value is -1.32. The van der Waals surface area contributed by atoms with Gasteiger partial charge in [0.1, 0.15) is 0 Å². The molecule has 1 heterocycles. The maximum atomic E-state index is 11.1. The number of aryl methyl sites for hydroxylation is 2. The molecule has 0 spiro atoms. The summed E-state index contributed by atoms with van der Waals surface area (Å²) < 4.78 is 1.91. The van der Waals surface area contributed by atoms with Crippen LogP contribution in [0.2, 0.25) is 0 Å². The van der Waals surface area contributed by atoms with Crippen molar-refractivity contribution in [2.45, 2.75) is 45.6 Å². The Morgan fingerprint density at radius 1 is 1.75 bits per heavy atom. The Bertz CT molecular complexity index is 398. The van der Waals surface area contributed by atoms with Gasteiger partial charge in [-0.15, -0.1) is 0 Å². The van der Waals surface area contributed by atoms with Crippen LogP contribution < -0.4 is 0 Å². The molecule has 0 aliphatic heterocycles. The molecular weight excluding hydrogens is 204 g/mol. The van der Waals surface area contributed by atoms with Crippen molar-refractivity contribution in [2.75, 3.05) is 0 Å². The van der Waals surface area contributed by atoms with Crippen molar-refractivity contribution in [2.24, 2.45) is 5.92 Å². The number of carboxylic acid groups (broad SMARTS) is 1. The van der Waals surface area contributed by atoms with Gasteiger partial charge in [-0.2, -0.15) is 5.10 Å². The monoisotopic (exact) mass is 222 g/mol. The van der Waals surface area contributed by atoms with Crippen LogP contribution in [0.3, 0.4) is 0 Å². The molecule has 1 aliphatic carbocycles. The molecule has 0 aromatic carbocycles. The molecule has 4 nitrogen and oxygen atoms in total. The molecular formula is C12H18N2O2. The summed E-state index contributed by atoms with van der Waals surface area (Å²) >= 11 is 0. The Morgan fingerprint density at radius 2 is 2.50 bits per heavy atom. The topological polar surface area (TPSA) is 55.1 Å². The fourth-order valence-corrected chi connectivity index (χ4v) is 2.48. The number of hydrogen-bond acceptors (Lipinski definition) is 2. The van der Waals surface area contributed by atoms with E-state index in [0.717, 1.165) is 37.1 Å². The van der Waals surface area contributed by atoms with Gasteiger partial charge in [-0.1, -0.05) is 6.92 Å². The second-order valence-electron chi connectivity index (χ2n) is 4.51. The molecule has 1 aromatic heterocycles. The van der Waals surface area contributed by atoms with Gasteiger partial charge in [0.2, 0.25) is 0 Å². The van der Waals surface area contributed by atoms with E-state index in [2.05, 4.69) is 5.10 Å². The zero-order valence-electron chi connectivity index (χ0n) is 9.81. The van der Waals surface area contributed by atoms with Crippen molar-refractivity contribution in [1.29, 1.82) is 0 Å². The average Bonchev–Trinajstić information content (AvgIpc) is 2.70. The maximum Gasteiger partial charge on any atom is 0.306 e. The van der Waals surface area contributed by atoms with Gasteiger partial charge in [-0.3, -0.25) is 9.48 Å². The molecule has 2 atom stereocenters. The molecule has 2 rings (SSSR count). The van der Waals surface area contributed by atoms with Crippen LogP contribution in [0.1, 0.15) is 43.9 Å². The lowest BCUT2D eigenvalue weighted by Crippen LogP contribution is -2.22.